The number of nitrogens with one attached hydrogen (secondary N) is 2. The summed E-state index contributed by atoms with van der Waals surface area (Å²) in [5.41, 5.74) is 2.76. The Morgan fingerprint density at radius 3 is 1.87 bits per heavy atom. The van der Waals surface area contributed by atoms with Gasteiger partial charge in [0.05, 0.1) is 12.7 Å². The summed E-state index contributed by atoms with van der Waals surface area (Å²) in [6, 6.07) is 15.1. The summed E-state index contributed by atoms with van der Waals surface area (Å²) in [7, 11) is 1.69. The summed E-state index contributed by atoms with van der Waals surface area (Å²) in [6.07, 6.45) is -4.17. The van der Waals surface area contributed by atoms with Gasteiger partial charge in [-0.1, -0.05) is 36.4 Å². The van der Waals surface area contributed by atoms with Crippen molar-refractivity contribution in [3.05, 3.63) is 65.2 Å². The molecule has 5 nitrogen and oxygen atoms in total. The largest absolute Gasteiger partial charge is 0.491 e. The first kappa shape index (κ1) is 23.5. The fourth-order valence-corrected chi connectivity index (χ4v) is 2.59. The molecule has 0 saturated heterocycles. The third kappa shape index (κ3) is 9.17. The molecule has 0 unspecified atom stereocenters. The highest BCUT2D eigenvalue weighted by Crippen LogP contribution is 2.16. The Labute approximate surface area is 175 Å². The van der Waals surface area contributed by atoms with Crippen molar-refractivity contribution in [1.29, 1.82) is 0 Å². The predicted octanol–water partition coefficient (Wildman–Crippen LogP) is 4.42. The van der Waals surface area contributed by atoms with Crippen LogP contribution in [0.3, 0.4) is 0 Å². The Morgan fingerprint density at radius 1 is 0.900 bits per heavy atom. The summed E-state index contributed by atoms with van der Waals surface area (Å²) >= 11 is 0. The van der Waals surface area contributed by atoms with E-state index in [1.165, 1.54) is 0 Å². The van der Waals surface area contributed by atoms with E-state index < -0.39 is 12.8 Å². The van der Waals surface area contributed by atoms with E-state index in [4.69, 9.17) is 4.74 Å². The number of benzene rings is 2. The second kappa shape index (κ2) is 11.4. The summed E-state index contributed by atoms with van der Waals surface area (Å²) in [5.74, 6) is 1.48. The van der Waals surface area contributed by atoms with Crippen LogP contribution >= 0.6 is 0 Å². The van der Waals surface area contributed by atoms with Crippen LogP contribution in [0.2, 0.25) is 0 Å². The summed E-state index contributed by atoms with van der Waals surface area (Å²) in [5, 5.41) is 6.45. The van der Waals surface area contributed by atoms with Crippen molar-refractivity contribution >= 4 is 5.96 Å². The van der Waals surface area contributed by atoms with Crippen molar-refractivity contribution in [1.82, 2.24) is 10.6 Å². The van der Waals surface area contributed by atoms with Gasteiger partial charge in [-0.3, -0.25) is 4.99 Å². The van der Waals surface area contributed by atoms with Gasteiger partial charge in [0, 0.05) is 20.1 Å². The molecule has 0 radical (unpaired) electrons. The standard InChI is InChI=1S/C22H28F3N3O2/c1-16(2)30-20-10-8-18(9-11-20)13-28-21(26-3)27-12-17-4-6-19(7-5-17)14-29-15-22(23,24)25/h4-11,16H,12-15H2,1-3H3,(H2,26,27,28). The molecule has 0 aliphatic heterocycles. The molecule has 164 valence electrons. The van der Waals surface area contributed by atoms with Crippen LogP contribution in [-0.4, -0.2) is 31.9 Å². The van der Waals surface area contributed by atoms with E-state index >= 15 is 0 Å². The first-order chi connectivity index (χ1) is 14.2. The van der Waals surface area contributed by atoms with Crippen LogP contribution in [-0.2, 0) is 24.4 Å². The van der Waals surface area contributed by atoms with Gasteiger partial charge < -0.3 is 20.1 Å². The first-order valence-corrected chi connectivity index (χ1v) is 9.67. The third-order valence-corrected chi connectivity index (χ3v) is 4.00. The van der Waals surface area contributed by atoms with E-state index in [9.17, 15) is 13.2 Å². The minimum Gasteiger partial charge on any atom is -0.491 e. The van der Waals surface area contributed by atoms with Gasteiger partial charge >= 0.3 is 6.18 Å². The number of hydrogen-bond acceptors (Lipinski definition) is 3. The normalized spacial score (nSPS) is 12.2. The number of ether oxygens (including phenoxy) is 2. The molecular formula is C22H28F3N3O2. The molecule has 2 rings (SSSR count). The Hall–Kier alpha value is -2.74. The lowest BCUT2D eigenvalue weighted by atomic mass is 10.1. The zero-order valence-corrected chi connectivity index (χ0v) is 17.4. The lowest BCUT2D eigenvalue weighted by Crippen LogP contribution is -2.36. The van der Waals surface area contributed by atoms with Gasteiger partial charge in [-0.25, -0.2) is 0 Å². The molecule has 8 heteroatoms. The van der Waals surface area contributed by atoms with E-state index in [-0.39, 0.29) is 12.7 Å². The van der Waals surface area contributed by atoms with Gasteiger partial charge in [-0.05, 0) is 42.7 Å². The Kier molecular flexibility index (Phi) is 8.98. The van der Waals surface area contributed by atoms with Gasteiger partial charge in [0.1, 0.15) is 12.4 Å². The van der Waals surface area contributed by atoms with Crippen LogP contribution in [0.5, 0.6) is 5.75 Å². The van der Waals surface area contributed by atoms with Crippen LogP contribution < -0.4 is 15.4 Å². The second-order valence-corrected chi connectivity index (χ2v) is 7.01. The molecule has 0 saturated carbocycles. The maximum atomic E-state index is 12.1. The molecule has 2 aromatic rings. The number of nitrogens with zero attached hydrogens (tertiary/aromatic N) is 1. The second-order valence-electron chi connectivity index (χ2n) is 7.01. The number of aliphatic imine (C=N–C) groups is 1. The van der Waals surface area contributed by atoms with Crippen LogP contribution in [0.25, 0.3) is 0 Å². The molecule has 0 aromatic heterocycles. The van der Waals surface area contributed by atoms with E-state index in [1.807, 2.05) is 50.2 Å². The van der Waals surface area contributed by atoms with Crippen LogP contribution in [0.4, 0.5) is 13.2 Å². The molecular weight excluding hydrogens is 395 g/mol. The molecule has 0 aliphatic carbocycles. The maximum absolute atomic E-state index is 12.1. The molecule has 2 N–H and O–H groups in total. The van der Waals surface area contributed by atoms with E-state index in [2.05, 4.69) is 20.4 Å². The van der Waals surface area contributed by atoms with E-state index in [1.54, 1.807) is 19.2 Å². The Bertz CT molecular complexity index is 789. The highest BCUT2D eigenvalue weighted by molar-refractivity contribution is 5.79. The molecule has 2 aromatic carbocycles. The fraction of sp³-hybridized carbons (Fsp3) is 0.409. The van der Waals surface area contributed by atoms with Crippen molar-refractivity contribution in [2.45, 2.75) is 45.8 Å². The first-order valence-electron chi connectivity index (χ1n) is 9.67. The van der Waals surface area contributed by atoms with Crippen molar-refractivity contribution < 1.29 is 22.6 Å². The van der Waals surface area contributed by atoms with Gasteiger partial charge in [0.2, 0.25) is 0 Å². The maximum Gasteiger partial charge on any atom is 0.411 e. The van der Waals surface area contributed by atoms with Crippen molar-refractivity contribution in [2.75, 3.05) is 13.7 Å². The van der Waals surface area contributed by atoms with Crippen LogP contribution in [0.15, 0.2) is 53.5 Å². The lowest BCUT2D eigenvalue weighted by Gasteiger charge is -2.13. The molecule has 0 amide bonds. The smallest absolute Gasteiger partial charge is 0.411 e. The zero-order chi connectivity index (χ0) is 22.0. The number of guanidine groups is 1. The van der Waals surface area contributed by atoms with Crippen molar-refractivity contribution in [2.24, 2.45) is 4.99 Å². The average Bonchev–Trinajstić information content (AvgIpc) is 2.69. The number of rotatable bonds is 9. The zero-order valence-electron chi connectivity index (χ0n) is 17.4. The summed E-state index contributed by atoms with van der Waals surface area (Å²) < 4.78 is 46.6. The topological polar surface area (TPSA) is 54.9 Å². The molecule has 0 spiro atoms. The van der Waals surface area contributed by atoms with Crippen LogP contribution in [0, 0.1) is 0 Å². The monoisotopic (exact) mass is 423 g/mol. The Balaban J connectivity index is 1.75. The van der Waals surface area contributed by atoms with Gasteiger partial charge in [0.25, 0.3) is 0 Å². The average molecular weight is 423 g/mol. The highest BCUT2D eigenvalue weighted by Gasteiger charge is 2.27. The molecule has 0 heterocycles. The number of halogens is 3. The molecule has 0 fully saturated rings. The van der Waals surface area contributed by atoms with Crippen molar-refractivity contribution in [3.8, 4) is 5.75 Å². The number of hydrogen-bond donors (Lipinski definition) is 2. The minimum absolute atomic E-state index is 0.0720. The molecule has 30 heavy (non-hydrogen) atoms. The molecule has 0 atom stereocenters. The van der Waals surface area contributed by atoms with Gasteiger partial charge in [-0.2, -0.15) is 13.2 Å². The lowest BCUT2D eigenvalue weighted by molar-refractivity contribution is -0.176. The van der Waals surface area contributed by atoms with E-state index in [0.717, 1.165) is 16.9 Å². The third-order valence-electron chi connectivity index (χ3n) is 4.00. The van der Waals surface area contributed by atoms with Crippen LogP contribution in [0.1, 0.15) is 30.5 Å². The minimum atomic E-state index is -4.31. The molecule has 0 aliphatic rings. The van der Waals surface area contributed by atoms with Gasteiger partial charge in [-0.15, -0.1) is 0 Å². The highest BCUT2D eigenvalue weighted by atomic mass is 19.4. The molecule has 0 bridgehead atoms. The van der Waals surface area contributed by atoms with Gasteiger partial charge in [0.15, 0.2) is 5.96 Å². The summed E-state index contributed by atoms with van der Waals surface area (Å²) in [6.45, 7) is 3.80. The Morgan fingerprint density at radius 2 is 1.40 bits per heavy atom. The van der Waals surface area contributed by atoms with E-state index in [0.29, 0.717) is 24.6 Å². The quantitative estimate of drug-likeness (QED) is 0.463. The van der Waals surface area contributed by atoms with Crippen molar-refractivity contribution in [3.63, 3.8) is 0 Å². The fourth-order valence-electron chi connectivity index (χ4n) is 2.59. The number of alkyl halides is 3. The predicted molar refractivity (Wildman–Crippen MR) is 111 cm³/mol. The summed E-state index contributed by atoms with van der Waals surface area (Å²) in [4.78, 5) is 4.20. The SMILES string of the molecule is CN=C(NCc1ccc(COCC(F)(F)F)cc1)NCc1ccc(OC(C)C)cc1.